The van der Waals surface area contributed by atoms with Crippen LogP contribution in [0.5, 0.6) is 0 Å². The molecule has 0 unspecified atom stereocenters. The molecule has 0 aromatic heterocycles. The van der Waals surface area contributed by atoms with Crippen molar-refractivity contribution in [3.05, 3.63) is 29.3 Å². The average Bonchev–Trinajstić information content (AvgIpc) is 2.92. The van der Waals surface area contributed by atoms with Crippen molar-refractivity contribution >= 4 is 22.6 Å². The Hall–Kier alpha value is -1.24. The molecule has 1 N–H and O–H groups in total. The lowest BCUT2D eigenvalue weighted by molar-refractivity contribution is 0.359. The number of thioether (sulfide) groups is 1. The zero-order chi connectivity index (χ0) is 15.0. The molecule has 1 spiro atoms. The molecule has 7 heteroatoms. The molecule has 3 rings (SSSR count). The Morgan fingerprint density at radius 2 is 1.67 bits per heavy atom. The summed E-state index contributed by atoms with van der Waals surface area (Å²) in [4.78, 5) is 4.29. The number of nitrogens with zero attached hydrogens (tertiary/aromatic N) is 1. The van der Waals surface area contributed by atoms with E-state index < -0.39 is 29.0 Å². The van der Waals surface area contributed by atoms with Crippen molar-refractivity contribution in [2.24, 2.45) is 10.4 Å². The lowest BCUT2D eigenvalue weighted by Gasteiger charge is -2.31. The summed E-state index contributed by atoms with van der Waals surface area (Å²) in [5.74, 6) is -4.91. The van der Waals surface area contributed by atoms with Gasteiger partial charge in [0, 0.05) is 18.4 Å². The molecule has 0 radical (unpaired) electrons. The third kappa shape index (κ3) is 2.75. The first-order valence-electron chi connectivity index (χ1n) is 6.78. The zero-order valence-electron chi connectivity index (χ0n) is 11.2. The first kappa shape index (κ1) is 14.7. The van der Waals surface area contributed by atoms with Gasteiger partial charge in [-0.25, -0.2) is 17.6 Å². The first-order chi connectivity index (χ1) is 10.0. The molecule has 21 heavy (non-hydrogen) atoms. The molecule has 0 saturated heterocycles. The van der Waals surface area contributed by atoms with Crippen molar-refractivity contribution in [3.63, 3.8) is 0 Å². The summed E-state index contributed by atoms with van der Waals surface area (Å²) in [6, 6.07) is 0.194. The van der Waals surface area contributed by atoms with Crippen molar-refractivity contribution in [3.8, 4) is 0 Å². The van der Waals surface area contributed by atoms with Crippen LogP contribution in [0.15, 0.2) is 11.1 Å². The summed E-state index contributed by atoms with van der Waals surface area (Å²) >= 11 is 1.34. The monoisotopic (exact) mass is 318 g/mol. The van der Waals surface area contributed by atoms with Gasteiger partial charge in [0.1, 0.15) is 5.69 Å². The standard InChI is InChI=1S/C14H14F4N2S/c15-8-5-9(16)11(18)12(10(8)17)20-13-19-6-14(7-21-13)3-1-2-4-14/h5H,1-4,6-7H2,(H,19,20). The second kappa shape index (κ2) is 5.51. The largest absolute Gasteiger partial charge is 0.330 e. The van der Waals surface area contributed by atoms with E-state index in [0.717, 1.165) is 18.6 Å². The molecular weight excluding hydrogens is 304 g/mol. The fourth-order valence-corrected chi connectivity index (χ4v) is 4.00. The maximum absolute atomic E-state index is 13.6. The highest BCUT2D eigenvalue weighted by molar-refractivity contribution is 8.14. The van der Waals surface area contributed by atoms with Crippen LogP contribution < -0.4 is 5.32 Å². The van der Waals surface area contributed by atoms with E-state index in [1.807, 2.05) is 0 Å². The Morgan fingerprint density at radius 1 is 1.05 bits per heavy atom. The SMILES string of the molecule is Fc1cc(F)c(F)c(NC2=NCC3(CCCC3)CS2)c1F. The molecule has 1 aromatic rings. The van der Waals surface area contributed by atoms with Crippen molar-refractivity contribution in [2.75, 3.05) is 17.6 Å². The Kier molecular flexibility index (Phi) is 3.86. The van der Waals surface area contributed by atoms with E-state index in [1.165, 1.54) is 24.6 Å². The van der Waals surface area contributed by atoms with Crippen molar-refractivity contribution in [2.45, 2.75) is 25.7 Å². The van der Waals surface area contributed by atoms with Crippen LogP contribution in [-0.2, 0) is 0 Å². The maximum Gasteiger partial charge on any atom is 0.185 e. The molecule has 2 aliphatic rings. The molecule has 1 aliphatic heterocycles. The molecule has 1 saturated carbocycles. The van der Waals surface area contributed by atoms with Gasteiger partial charge in [-0.15, -0.1) is 0 Å². The Bertz CT molecular complexity index is 571. The second-order valence-electron chi connectivity index (χ2n) is 5.59. The van der Waals surface area contributed by atoms with Gasteiger partial charge >= 0.3 is 0 Å². The normalized spacial score (nSPS) is 20.7. The van der Waals surface area contributed by atoms with Crippen LogP contribution in [0.4, 0.5) is 23.2 Å². The summed E-state index contributed by atoms with van der Waals surface area (Å²) in [5.41, 5.74) is -0.638. The van der Waals surface area contributed by atoms with Gasteiger partial charge in [-0.2, -0.15) is 0 Å². The highest BCUT2D eigenvalue weighted by Crippen LogP contribution is 2.43. The number of hydrogen-bond donors (Lipinski definition) is 1. The molecule has 1 heterocycles. The zero-order valence-corrected chi connectivity index (χ0v) is 12.0. The van der Waals surface area contributed by atoms with Crippen molar-refractivity contribution in [1.82, 2.24) is 0 Å². The van der Waals surface area contributed by atoms with Crippen LogP contribution in [0.25, 0.3) is 0 Å². The van der Waals surface area contributed by atoms with E-state index in [9.17, 15) is 17.6 Å². The molecule has 114 valence electrons. The van der Waals surface area contributed by atoms with Gasteiger partial charge in [-0.05, 0) is 18.3 Å². The third-order valence-corrected chi connectivity index (χ3v) is 5.34. The van der Waals surface area contributed by atoms with E-state index >= 15 is 0 Å². The Labute approximate surface area is 124 Å². The van der Waals surface area contributed by atoms with E-state index in [4.69, 9.17) is 0 Å². The van der Waals surface area contributed by atoms with Gasteiger partial charge in [-0.1, -0.05) is 24.6 Å². The fourth-order valence-electron chi connectivity index (χ4n) is 2.85. The quantitative estimate of drug-likeness (QED) is 0.616. The minimum atomic E-state index is -1.43. The number of rotatable bonds is 1. The number of amidine groups is 1. The van der Waals surface area contributed by atoms with E-state index in [1.54, 1.807) is 0 Å². The van der Waals surface area contributed by atoms with Crippen molar-refractivity contribution in [1.29, 1.82) is 0 Å². The number of hydrogen-bond acceptors (Lipinski definition) is 3. The second-order valence-corrected chi connectivity index (χ2v) is 6.55. The Balaban J connectivity index is 1.80. The minimum absolute atomic E-state index is 0.181. The van der Waals surface area contributed by atoms with Crippen molar-refractivity contribution < 1.29 is 17.6 Å². The number of nitrogens with one attached hydrogen (secondary N) is 1. The topological polar surface area (TPSA) is 24.4 Å². The third-order valence-electron chi connectivity index (χ3n) is 4.08. The van der Waals surface area contributed by atoms with E-state index in [2.05, 4.69) is 10.3 Å². The molecule has 0 amide bonds. The first-order valence-corrected chi connectivity index (χ1v) is 7.77. The van der Waals surface area contributed by atoms with Gasteiger partial charge in [0.25, 0.3) is 0 Å². The molecule has 1 aliphatic carbocycles. The summed E-state index contributed by atoms with van der Waals surface area (Å²) in [5, 5.41) is 2.69. The van der Waals surface area contributed by atoms with E-state index in [0.29, 0.717) is 11.7 Å². The van der Waals surface area contributed by atoms with Crippen LogP contribution in [-0.4, -0.2) is 17.5 Å². The van der Waals surface area contributed by atoms with Crippen LogP contribution in [0.2, 0.25) is 0 Å². The fraction of sp³-hybridized carbons (Fsp3) is 0.500. The van der Waals surface area contributed by atoms with Crippen LogP contribution in [0.3, 0.4) is 0 Å². The minimum Gasteiger partial charge on any atom is -0.330 e. The number of benzene rings is 1. The molecule has 1 aromatic carbocycles. The predicted molar refractivity (Wildman–Crippen MR) is 75.6 cm³/mol. The average molecular weight is 318 g/mol. The highest BCUT2D eigenvalue weighted by atomic mass is 32.2. The number of aliphatic imine (C=N–C) groups is 1. The van der Waals surface area contributed by atoms with E-state index in [-0.39, 0.29) is 11.5 Å². The lowest BCUT2D eigenvalue weighted by Crippen LogP contribution is -2.30. The van der Waals surface area contributed by atoms with Crippen LogP contribution in [0, 0.1) is 28.7 Å². The molecular formula is C14H14F4N2S. The summed E-state index contributed by atoms with van der Waals surface area (Å²) in [7, 11) is 0. The lowest BCUT2D eigenvalue weighted by atomic mass is 9.89. The van der Waals surface area contributed by atoms with Crippen LogP contribution in [0.1, 0.15) is 25.7 Å². The van der Waals surface area contributed by atoms with Gasteiger partial charge in [0.15, 0.2) is 28.4 Å². The van der Waals surface area contributed by atoms with Gasteiger partial charge in [0.2, 0.25) is 0 Å². The predicted octanol–water partition coefficient (Wildman–Crippen LogP) is 4.32. The van der Waals surface area contributed by atoms with Gasteiger partial charge < -0.3 is 5.32 Å². The smallest absolute Gasteiger partial charge is 0.185 e. The molecule has 0 bridgehead atoms. The van der Waals surface area contributed by atoms with Gasteiger partial charge in [-0.3, -0.25) is 4.99 Å². The molecule has 1 fully saturated rings. The molecule has 0 atom stereocenters. The summed E-state index contributed by atoms with van der Waals surface area (Å²) < 4.78 is 53.5. The maximum atomic E-state index is 13.6. The van der Waals surface area contributed by atoms with Gasteiger partial charge in [0.05, 0.1) is 0 Å². The van der Waals surface area contributed by atoms with Crippen LogP contribution >= 0.6 is 11.8 Å². The highest BCUT2D eigenvalue weighted by Gasteiger charge is 2.36. The summed E-state index contributed by atoms with van der Waals surface area (Å²) in [6.07, 6.45) is 4.57. The number of anilines is 1. The molecule has 2 nitrogen and oxygen atoms in total. The Morgan fingerprint density at radius 3 is 2.19 bits per heavy atom. The summed E-state index contributed by atoms with van der Waals surface area (Å²) in [6.45, 7) is 0.587. The number of halogens is 4.